The Kier molecular flexibility index (Phi) is 8.35. The van der Waals surface area contributed by atoms with E-state index < -0.39 is 5.91 Å². The van der Waals surface area contributed by atoms with Gasteiger partial charge in [-0.1, -0.05) is 5.16 Å². The van der Waals surface area contributed by atoms with E-state index in [2.05, 4.69) is 41.0 Å². The number of aromatic nitrogens is 2. The molecule has 39 heavy (non-hydrogen) atoms. The number of carbonyl (C=O) groups is 1. The molecule has 1 aliphatic rings. The van der Waals surface area contributed by atoms with E-state index in [0.29, 0.717) is 35.4 Å². The SMILES string of the molecule is CCN(c1c(C)c(C(N)=O)cc(-c2c(C)noc2C)c1Cc1c(C)cc(C)[nH]c1=O)C1CCC(N(C)C)CC1. The van der Waals surface area contributed by atoms with E-state index in [9.17, 15) is 9.59 Å². The first kappa shape index (κ1) is 28.6. The summed E-state index contributed by atoms with van der Waals surface area (Å²) in [6.07, 6.45) is 4.76. The highest BCUT2D eigenvalue weighted by Gasteiger charge is 2.32. The van der Waals surface area contributed by atoms with Crippen molar-refractivity contribution in [3.8, 4) is 11.1 Å². The molecular formula is C31H43N5O3. The Bertz CT molecular complexity index is 1410. The van der Waals surface area contributed by atoms with Gasteiger partial charge >= 0.3 is 0 Å². The smallest absolute Gasteiger partial charge is 0.251 e. The number of hydrogen-bond donors (Lipinski definition) is 2. The Morgan fingerprint density at radius 2 is 1.69 bits per heavy atom. The molecule has 0 unspecified atom stereocenters. The number of benzene rings is 1. The molecule has 1 saturated carbocycles. The van der Waals surface area contributed by atoms with Gasteiger partial charge in [0, 0.05) is 53.1 Å². The van der Waals surface area contributed by atoms with Crippen molar-refractivity contribution in [2.45, 2.75) is 85.7 Å². The van der Waals surface area contributed by atoms with Crippen molar-refractivity contribution in [2.75, 3.05) is 25.5 Å². The summed E-state index contributed by atoms with van der Waals surface area (Å²) in [6, 6.07) is 4.78. The van der Waals surface area contributed by atoms with Crippen LogP contribution in [0.15, 0.2) is 21.5 Å². The first-order valence-corrected chi connectivity index (χ1v) is 14.0. The number of primary amides is 1. The van der Waals surface area contributed by atoms with Crippen molar-refractivity contribution >= 4 is 11.6 Å². The van der Waals surface area contributed by atoms with E-state index in [1.165, 1.54) is 0 Å². The first-order valence-electron chi connectivity index (χ1n) is 14.0. The predicted octanol–water partition coefficient (Wildman–Crippen LogP) is 4.96. The predicted molar refractivity (Wildman–Crippen MR) is 157 cm³/mol. The number of pyridine rings is 1. The first-order chi connectivity index (χ1) is 18.4. The molecule has 0 aliphatic heterocycles. The molecule has 3 N–H and O–H groups in total. The second kappa shape index (κ2) is 11.4. The second-order valence-electron chi connectivity index (χ2n) is 11.3. The highest BCUT2D eigenvalue weighted by atomic mass is 16.5. The third-order valence-corrected chi connectivity index (χ3v) is 8.54. The zero-order valence-corrected chi connectivity index (χ0v) is 24.7. The number of rotatable bonds is 8. The van der Waals surface area contributed by atoms with Gasteiger partial charge in [0.05, 0.1) is 5.69 Å². The Labute approximate surface area is 231 Å². The van der Waals surface area contributed by atoms with Crippen molar-refractivity contribution in [3.05, 3.63) is 67.5 Å². The number of nitrogens with one attached hydrogen (secondary N) is 1. The fourth-order valence-corrected chi connectivity index (χ4v) is 6.50. The minimum Gasteiger partial charge on any atom is -0.368 e. The van der Waals surface area contributed by atoms with Crippen molar-refractivity contribution in [2.24, 2.45) is 5.73 Å². The van der Waals surface area contributed by atoms with Gasteiger partial charge in [-0.15, -0.1) is 0 Å². The van der Waals surface area contributed by atoms with Crippen LogP contribution in [0.2, 0.25) is 0 Å². The maximum absolute atomic E-state index is 13.2. The molecule has 0 saturated heterocycles. The lowest BCUT2D eigenvalue weighted by Crippen LogP contribution is -2.43. The maximum atomic E-state index is 13.2. The van der Waals surface area contributed by atoms with E-state index >= 15 is 0 Å². The molecule has 210 valence electrons. The second-order valence-corrected chi connectivity index (χ2v) is 11.3. The number of hydrogen-bond acceptors (Lipinski definition) is 6. The van der Waals surface area contributed by atoms with Gasteiger partial charge in [-0.05, 0) is 116 Å². The van der Waals surface area contributed by atoms with Crippen molar-refractivity contribution in [3.63, 3.8) is 0 Å². The van der Waals surface area contributed by atoms with Gasteiger partial charge in [0.15, 0.2) is 0 Å². The maximum Gasteiger partial charge on any atom is 0.251 e. The summed E-state index contributed by atoms with van der Waals surface area (Å²) in [5.41, 5.74) is 14.1. The summed E-state index contributed by atoms with van der Waals surface area (Å²) in [4.78, 5) is 33.8. The Morgan fingerprint density at radius 1 is 1.05 bits per heavy atom. The molecule has 1 amide bonds. The molecule has 2 heterocycles. The van der Waals surface area contributed by atoms with Crippen LogP contribution in [0, 0.1) is 34.6 Å². The van der Waals surface area contributed by atoms with Gasteiger partial charge in [-0.2, -0.15) is 0 Å². The topological polar surface area (TPSA) is 108 Å². The summed E-state index contributed by atoms with van der Waals surface area (Å²) in [5.74, 6) is 0.202. The molecule has 1 aromatic carbocycles. The van der Waals surface area contributed by atoms with Crippen LogP contribution in [-0.4, -0.2) is 53.7 Å². The van der Waals surface area contributed by atoms with Crippen molar-refractivity contribution in [1.29, 1.82) is 0 Å². The molecule has 0 radical (unpaired) electrons. The van der Waals surface area contributed by atoms with Crippen LogP contribution in [0.4, 0.5) is 5.69 Å². The molecule has 1 aliphatic carbocycles. The molecule has 0 spiro atoms. The fraction of sp³-hybridized carbons (Fsp3) is 0.516. The number of carbonyl (C=O) groups excluding carboxylic acids is 1. The molecule has 8 heteroatoms. The van der Waals surface area contributed by atoms with Crippen LogP contribution in [0.25, 0.3) is 11.1 Å². The third-order valence-electron chi connectivity index (χ3n) is 8.54. The lowest BCUT2D eigenvalue weighted by atomic mass is 9.84. The lowest BCUT2D eigenvalue weighted by molar-refractivity contribution is 0.0999. The van der Waals surface area contributed by atoms with Crippen molar-refractivity contribution < 1.29 is 9.32 Å². The van der Waals surface area contributed by atoms with E-state index in [-0.39, 0.29) is 5.56 Å². The minimum absolute atomic E-state index is 0.0886. The highest BCUT2D eigenvalue weighted by molar-refractivity contribution is 5.99. The number of nitrogens with zero attached hydrogens (tertiary/aromatic N) is 3. The van der Waals surface area contributed by atoms with Crippen LogP contribution in [0.1, 0.15) is 82.4 Å². The van der Waals surface area contributed by atoms with Gasteiger partial charge in [0.1, 0.15) is 5.76 Å². The molecule has 2 aromatic heterocycles. The van der Waals surface area contributed by atoms with Crippen LogP contribution >= 0.6 is 0 Å². The molecule has 1 fully saturated rings. The molecule has 0 bridgehead atoms. The zero-order chi connectivity index (χ0) is 28.6. The summed E-state index contributed by atoms with van der Waals surface area (Å²) in [6.45, 7) is 12.6. The van der Waals surface area contributed by atoms with Crippen molar-refractivity contribution in [1.82, 2.24) is 15.0 Å². The fourth-order valence-electron chi connectivity index (χ4n) is 6.50. The normalized spacial score (nSPS) is 17.6. The van der Waals surface area contributed by atoms with Gasteiger partial charge in [-0.25, -0.2) is 0 Å². The summed E-state index contributed by atoms with van der Waals surface area (Å²) >= 11 is 0. The van der Waals surface area contributed by atoms with Gasteiger partial charge in [0.2, 0.25) is 5.91 Å². The molecule has 8 nitrogen and oxygen atoms in total. The van der Waals surface area contributed by atoms with Crippen LogP contribution in [0.3, 0.4) is 0 Å². The number of aryl methyl sites for hydroxylation is 4. The molecular weight excluding hydrogens is 490 g/mol. The molecule has 4 rings (SSSR count). The Hall–Kier alpha value is -3.39. The van der Waals surface area contributed by atoms with E-state index in [1.807, 2.05) is 46.8 Å². The third kappa shape index (κ3) is 5.53. The standard InChI is InChI=1S/C31H43N5O3/c1-9-36(23-12-10-22(11-13-23)35(7)8)29-19(4)25(30(32)37)16-26(28-20(5)34-39-21(28)6)27(29)15-24-17(2)14-18(3)33-31(24)38/h14,16,22-23H,9-13,15H2,1-8H3,(H2,32,37)(H,33,38). The van der Waals surface area contributed by atoms with Crippen LogP contribution in [-0.2, 0) is 6.42 Å². The van der Waals surface area contributed by atoms with E-state index in [1.54, 1.807) is 0 Å². The zero-order valence-electron chi connectivity index (χ0n) is 24.7. The quantitative estimate of drug-likeness (QED) is 0.424. The van der Waals surface area contributed by atoms with E-state index in [0.717, 1.165) is 77.1 Å². The van der Waals surface area contributed by atoms with Gasteiger partial charge < -0.3 is 25.0 Å². The molecule has 3 aromatic rings. The van der Waals surface area contributed by atoms with E-state index in [4.69, 9.17) is 10.3 Å². The number of nitrogens with two attached hydrogens (primary N) is 1. The number of H-pyrrole nitrogens is 1. The Morgan fingerprint density at radius 3 is 2.21 bits per heavy atom. The average Bonchev–Trinajstić information content (AvgIpc) is 3.20. The lowest BCUT2D eigenvalue weighted by Gasteiger charge is -2.41. The van der Waals surface area contributed by atoms with Crippen LogP contribution in [0.5, 0.6) is 0 Å². The highest BCUT2D eigenvalue weighted by Crippen LogP contribution is 2.42. The largest absolute Gasteiger partial charge is 0.368 e. The summed E-state index contributed by atoms with van der Waals surface area (Å²) in [5, 5.41) is 4.22. The number of aromatic amines is 1. The number of anilines is 1. The average molecular weight is 534 g/mol. The monoisotopic (exact) mass is 533 g/mol. The van der Waals surface area contributed by atoms with Gasteiger partial charge in [0.25, 0.3) is 5.56 Å². The van der Waals surface area contributed by atoms with Crippen LogP contribution < -0.4 is 16.2 Å². The Balaban J connectivity index is 2.00. The molecule has 0 atom stereocenters. The van der Waals surface area contributed by atoms with Gasteiger partial charge in [-0.3, -0.25) is 9.59 Å². The summed E-state index contributed by atoms with van der Waals surface area (Å²) < 4.78 is 5.57. The summed E-state index contributed by atoms with van der Waals surface area (Å²) in [7, 11) is 4.30. The minimum atomic E-state index is -0.468. The number of amides is 1.